The van der Waals surface area contributed by atoms with Crippen molar-refractivity contribution >= 4 is 24.0 Å². The predicted molar refractivity (Wildman–Crippen MR) is 74.5 cm³/mol. The number of amides is 1. The van der Waals surface area contributed by atoms with Gasteiger partial charge < -0.3 is 10.6 Å². The van der Waals surface area contributed by atoms with Gasteiger partial charge in [-0.1, -0.05) is 32.0 Å². The molecule has 1 aromatic rings. The van der Waals surface area contributed by atoms with Crippen molar-refractivity contribution in [3.63, 3.8) is 0 Å². The van der Waals surface area contributed by atoms with Crippen molar-refractivity contribution in [1.29, 1.82) is 0 Å². The van der Waals surface area contributed by atoms with E-state index < -0.39 is 6.04 Å². The lowest BCUT2D eigenvalue weighted by atomic mass is 10.0. The number of rotatable bonds is 4. The molecule has 2 N–H and O–H groups in total. The first-order valence-electron chi connectivity index (χ1n) is 5.70. The predicted octanol–water partition coefficient (Wildman–Crippen LogP) is 2.44. The number of hydrogen-bond acceptors (Lipinski definition) is 2. The number of para-hydroxylation sites is 1. The SMILES string of the molecule is CCN(C(=O)[C@@H](N)C(C)C)c1ccccc1.Cl. The van der Waals surface area contributed by atoms with Crippen LogP contribution in [0.5, 0.6) is 0 Å². The summed E-state index contributed by atoms with van der Waals surface area (Å²) in [6, 6.07) is 9.20. The van der Waals surface area contributed by atoms with E-state index in [0.717, 1.165) is 5.69 Å². The highest BCUT2D eigenvalue weighted by molar-refractivity contribution is 5.97. The fourth-order valence-electron chi connectivity index (χ4n) is 1.54. The molecule has 1 atom stereocenters. The maximum absolute atomic E-state index is 12.1. The lowest BCUT2D eigenvalue weighted by Gasteiger charge is -2.26. The second kappa shape index (κ2) is 7.30. The first-order chi connectivity index (χ1) is 7.57. The highest BCUT2D eigenvalue weighted by atomic mass is 35.5. The number of halogens is 1. The maximum Gasteiger partial charge on any atom is 0.244 e. The molecule has 0 saturated carbocycles. The van der Waals surface area contributed by atoms with Gasteiger partial charge in [-0.05, 0) is 25.0 Å². The standard InChI is InChI=1S/C13H20N2O.ClH/c1-4-15(11-8-6-5-7-9-11)13(16)12(14)10(2)3;/h5-10,12H,4,14H2,1-3H3;1H/t12-;/m0./s1. The smallest absolute Gasteiger partial charge is 0.244 e. The molecule has 96 valence electrons. The number of benzene rings is 1. The molecule has 17 heavy (non-hydrogen) atoms. The van der Waals surface area contributed by atoms with Crippen molar-refractivity contribution in [2.24, 2.45) is 11.7 Å². The van der Waals surface area contributed by atoms with E-state index in [1.807, 2.05) is 51.1 Å². The Morgan fingerprint density at radius 3 is 2.24 bits per heavy atom. The average molecular weight is 257 g/mol. The monoisotopic (exact) mass is 256 g/mol. The van der Waals surface area contributed by atoms with Gasteiger partial charge in [0.2, 0.25) is 5.91 Å². The Morgan fingerprint density at radius 1 is 1.29 bits per heavy atom. The average Bonchev–Trinajstić information content (AvgIpc) is 2.30. The summed E-state index contributed by atoms with van der Waals surface area (Å²) in [5.41, 5.74) is 6.79. The molecule has 0 aliphatic heterocycles. The fourth-order valence-corrected chi connectivity index (χ4v) is 1.54. The number of carbonyl (C=O) groups excluding carboxylic acids is 1. The van der Waals surface area contributed by atoms with Gasteiger partial charge in [-0.15, -0.1) is 12.4 Å². The molecule has 0 aliphatic carbocycles. The summed E-state index contributed by atoms with van der Waals surface area (Å²) in [5, 5.41) is 0. The number of anilines is 1. The molecule has 0 fully saturated rings. The summed E-state index contributed by atoms with van der Waals surface area (Å²) in [4.78, 5) is 13.8. The Hall–Kier alpha value is -1.06. The van der Waals surface area contributed by atoms with E-state index >= 15 is 0 Å². The third-order valence-electron chi connectivity index (χ3n) is 2.65. The molecule has 3 nitrogen and oxygen atoms in total. The molecular weight excluding hydrogens is 236 g/mol. The van der Waals surface area contributed by atoms with Gasteiger partial charge >= 0.3 is 0 Å². The topological polar surface area (TPSA) is 46.3 Å². The van der Waals surface area contributed by atoms with E-state index in [1.54, 1.807) is 4.90 Å². The van der Waals surface area contributed by atoms with Crippen LogP contribution in [0.4, 0.5) is 5.69 Å². The van der Waals surface area contributed by atoms with Gasteiger partial charge in [-0.2, -0.15) is 0 Å². The first-order valence-corrected chi connectivity index (χ1v) is 5.70. The van der Waals surface area contributed by atoms with Crippen LogP contribution in [0.15, 0.2) is 30.3 Å². The van der Waals surface area contributed by atoms with E-state index in [0.29, 0.717) is 6.54 Å². The van der Waals surface area contributed by atoms with Gasteiger partial charge in [0.1, 0.15) is 0 Å². The van der Waals surface area contributed by atoms with Gasteiger partial charge in [0.15, 0.2) is 0 Å². The minimum Gasteiger partial charge on any atom is -0.320 e. The van der Waals surface area contributed by atoms with Crippen LogP contribution in [-0.4, -0.2) is 18.5 Å². The molecule has 0 aromatic heterocycles. The first kappa shape index (κ1) is 15.9. The summed E-state index contributed by atoms with van der Waals surface area (Å²) < 4.78 is 0. The number of likely N-dealkylation sites (N-methyl/N-ethyl adjacent to an activating group) is 1. The van der Waals surface area contributed by atoms with Crippen molar-refractivity contribution in [2.45, 2.75) is 26.8 Å². The maximum atomic E-state index is 12.1. The van der Waals surface area contributed by atoms with Crippen LogP contribution in [-0.2, 0) is 4.79 Å². The van der Waals surface area contributed by atoms with Crippen LogP contribution in [0, 0.1) is 5.92 Å². The van der Waals surface area contributed by atoms with Gasteiger partial charge in [0.25, 0.3) is 0 Å². The molecular formula is C13H21ClN2O. The van der Waals surface area contributed by atoms with E-state index in [-0.39, 0.29) is 24.2 Å². The van der Waals surface area contributed by atoms with Crippen LogP contribution in [0.3, 0.4) is 0 Å². The molecule has 0 bridgehead atoms. The highest BCUT2D eigenvalue weighted by Crippen LogP contribution is 2.15. The molecule has 0 aliphatic rings. The largest absolute Gasteiger partial charge is 0.320 e. The minimum absolute atomic E-state index is 0. The second-order valence-corrected chi connectivity index (χ2v) is 4.19. The quantitative estimate of drug-likeness (QED) is 0.900. The molecule has 1 amide bonds. The summed E-state index contributed by atoms with van der Waals surface area (Å²) in [6.07, 6.45) is 0. The van der Waals surface area contributed by atoms with Gasteiger partial charge in [0.05, 0.1) is 6.04 Å². The highest BCUT2D eigenvalue weighted by Gasteiger charge is 2.23. The van der Waals surface area contributed by atoms with Crippen molar-refractivity contribution < 1.29 is 4.79 Å². The summed E-state index contributed by atoms with van der Waals surface area (Å²) in [6.45, 7) is 6.52. The Labute approximate surface area is 109 Å². The zero-order chi connectivity index (χ0) is 12.1. The summed E-state index contributed by atoms with van der Waals surface area (Å²) >= 11 is 0. The lowest BCUT2D eigenvalue weighted by Crippen LogP contribution is -2.46. The van der Waals surface area contributed by atoms with Crippen LogP contribution < -0.4 is 10.6 Å². The molecule has 1 aromatic carbocycles. The minimum atomic E-state index is -0.430. The van der Waals surface area contributed by atoms with E-state index in [2.05, 4.69) is 0 Å². The van der Waals surface area contributed by atoms with Crippen molar-refractivity contribution in [3.8, 4) is 0 Å². The number of nitrogens with zero attached hydrogens (tertiary/aromatic N) is 1. The van der Waals surface area contributed by atoms with Crippen LogP contribution in [0.2, 0.25) is 0 Å². The van der Waals surface area contributed by atoms with Crippen molar-refractivity contribution in [3.05, 3.63) is 30.3 Å². The zero-order valence-corrected chi connectivity index (χ0v) is 11.4. The van der Waals surface area contributed by atoms with E-state index in [9.17, 15) is 4.79 Å². The lowest BCUT2D eigenvalue weighted by molar-refractivity contribution is -0.120. The molecule has 0 heterocycles. The van der Waals surface area contributed by atoms with Gasteiger partial charge in [0, 0.05) is 12.2 Å². The molecule has 0 saturated heterocycles. The summed E-state index contributed by atoms with van der Waals surface area (Å²) in [7, 11) is 0. The third kappa shape index (κ3) is 4.02. The third-order valence-corrected chi connectivity index (χ3v) is 2.65. The number of hydrogen-bond donors (Lipinski definition) is 1. The van der Waals surface area contributed by atoms with E-state index in [4.69, 9.17) is 5.73 Å². The molecule has 4 heteroatoms. The molecule has 1 rings (SSSR count). The Balaban J connectivity index is 0.00000256. The van der Waals surface area contributed by atoms with Crippen LogP contribution in [0.1, 0.15) is 20.8 Å². The number of nitrogens with two attached hydrogens (primary N) is 1. The Kier molecular flexibility index (Phi) is 6.85. The van der Waals surface area contributed by atoms with Crippen molar-refractivity contribution in [2.75, 3.05) is 11.4 Å². The van der Waals surface area contributed by atoms with Gasteiger partial charge in [-0.25, -0.2) is 0 Å². The Bertz CT molecular complexity index is 341. The zero-order valence-electron chi connectivity index (χ0n) is 10.6. The normalized spacial score (nSPS) is 11.8. The number of carbonyl (C=O) groups is 1. The molecule has 0 unspecified atom stereocenters. The molecule has 0 radical (unpaired) electrons. The van der Waals surface area contributed by atoms with Crippen LogP contribution in [0.25, 0.3) is 0 Å². The summed E-state index contributed by atoms with van der Waals surface area (Å²) in [5.74, 6) is 0.147. The van der Waals surface area contributed by atoms with Crippen LogP contribution >= 0.6 is 12.4 Å². The fraction of sp³-hybridized carbons (Fsp3) is 0.462. The Morgan fingerprint density at radius 2 is 1.82 bits per heavy atom. The molecule has 0 spiro atoms. The second-order valence-electron chi connectivity index (χ2n) is 4.19. The van der Waals surface area contributed by atoms with Crippen molar-refractivity contribution in [1.82, 2.24) is 0 Å². The van der Waals surface area contributed by atoms with Gasteiger partial charge in [-0.3, -0.25) is 4.79 Å². The van der Waals surface area contributed by atoms with E-state index in [1.165, 1.54) is 0 Å².